The molecule has 1 atom stereocenters. The number of rotatable bonds is 2. The summed E-state index contributed by atoms with van der Waals surface area (Å²) in [5, 5.41) is 4.37. The number of aryl methyl sites for hydroxylation is 2. The third kappa shape index (κ3) is 3.05. The van der Waals surface area contributed by atoms with Gasteiger partial charge in [-0.1, -0.05) is 0 Å². The van der Waals surface area contributed by atoms with Crippen LogP contribution in [0.3, 0.4) is 0 Å². The van der Waals surface area contributed by atoms with Gasteiger partial charge in [-0.15, -0.1) is 5.10 Å². The predicted octanol–water partition coefficient (Wildman–Crippen LogP) is 2.37. The molecule has 0 saturated carbocycles. The predicted molar refractivity (Wildman–Crippen MR) is 72.9 cm³/mol. The van der Waals surface area contributed by atoms with E-state index in [1.54, 1.807) is 0 Å². The molecule has 1 aromatic heterocycles. The van der Waals surface area contributed by atoms with Gasteiger partial charge in [-0.2, -0.15) is 0 Å². The number of likely N-dealkylation sites (tertiary alicyclic amines) is 1. The van der Waals surface area contributed by atoms with Gasteiger partial charge >= 0.3 is 0 Å². The molecule has 0 bridgehead atoms. The molecule has 1 aromatic rings. The summed E-state index contributed by atoms with van der Waals surface area (Å²) in [5.74, 6) is 0.760. The van der Waals surface area contributed by atoms with Gasteiger partial charge in [0.1, 0.15) is 6.10 Å². The molecule has 1 saturated heterocycles. The molecule has 0 aliphatic carbocycles. The van der Waals surface area contributed by atoms with E-state index < -0.39 is 0 Å². The average molecular weight is 251 g/mol. The molecule has 1 unspecified atom stereocenters. The van der Waals surface area contributed by atoms with Crippen LogP contribution < -0.4 is 4.74 Å². The molecular weight excluding hydrogens is 226 g/mol. The van der Waals surface area contributed by atoms with Crippen LogP contribution in [0.5, 0.6) is 5.88 Å². The Labute approximate surface area is 110 Å². The zero-order valence-corrected chi connectivity index (χ0v) is 12.2. The van der Waals surface area contributed by atoms with E-state index in [1.807, 2.05) is 24.7 Å². The highest BCUT2D eigenvalue weighted by Gasteiger charge is 2.29. The minimum atomic E-state index is 0.224. The van der Waals surface area contributed by atoms with Crippen molar-refractivity contribution in [2.45, 2.75) is 52.2 Å². The van der Waals surface area contributed by atoms with Crippen molar-refractivity contribution in [3.05, 3.63) is 11.8 Å². The molecule has 1 aliphatic heterocycles. The summed E-state index contributed by atoms with van der Waals surface area (Å²) in [7, 11) is 1.95. The van der Waals surface area contributed by atoms with E-state index in [0.29, 0.717) is 0 Å². The molecule has 0 aromatic carbocycles. The Balaban J connectivity index is 1.97. The van der Waals surface area contributed by atoms with Crippen LogP contribution in [0.4, 0.5) is 0 Å². The van der Waals surface area contributed by atoms with Crippen molar-refractivity contribution in [2.75, 3.05) is 13.1 Å². The first-order valence-corrected chi connectivity index (χ1v) is 6.78. The summed E-state index contributed by atoms with van der Waals surface area (Å²) in [6.07, 6.45) is 2.60. The average Bonchev–Trinajstić information content (AvgIpc) is 2.57. The molecule has 18 heavy (non-hydrogen) atoms. The second kappa shape index (κ2) is 4.92. The highest BCUT2D eigenvalue weighted by Crippen LogP contribution is 2.23. The van der Waals surface area contributed by atoms with Crippen molar-refractivity contribution in [3.8, 4) is 5.88 Å². The monoisotopic (exact) mass is 251 g/mol. The Bertz CT molecular complexity index is 386. The fourth-order valence-corrected chi connectivity index (χ4v) is 2.40. The summed E-state index contributed by atoms with van der Waals surface area (Å²) in [6, 6.07) is 2.01. The molecule has 0 radical (unpaired) electrons. The first-order valence-electron chi connectivity index (χ1n) is 6.78. The Morgan fingerprint density at radius 1 is 1.39 bits per heavy atom. The van der Waals surface area contributed by atoms with E-state index in [9.17, 15) is 0 Å². The van der Waals surface area contributed by atoms with Crippen LogP contribution in [0.2, 0.25) is 0 Å². The fourth-order valence-electron chi connectivity index (χ4n) is 2.40. The number of piperidine rings is 1. The lowest BCUT2D eigenvalue weighted by Gasteiger charge is -2.41. The van der Waals surface area contributed by atoms with Gasteiger partial charge in [0.05, 0.1) is 0 Å². The molecule has 0 N–H and O–H groups in total. The summed E-state index contributed by atoms with van der Waals surface area (Å²) in [5.41, 5.74) is 1.36. The number of ether oxygens (including phenoxy) is 1. The van der Waals surface area contributed by atoms with Crippen LogP contribution in [-0.2, 0) is 7.05 Å². The molecule has 0 amide bonds. The van der Waals surface area contributed by atoms with Crippen LogP contribution in [0.15, 0.2) is 6.07 Å². The van der Waals surface area contributed by atoms with Gasteiger partial charge in [0.15, 0.2) is 0 Å². The van der Waals surface area contributed by atoms with Gasteiger partial charge in [-0.25, -0.2) is 0 Å². The molecule has 4 nitrogen and oxygen atoms in total. The summed E-state index contributed by atoms with van der Waals surface area (Å²) < 4.78 is 7.87. The highest BCUT2D eigenvalue weighted by molar-refractivity contribution is 5.14. The van der Waals surface area contributed by atoms with Crippen molar-refractivity contribution in [2.24, 2.45) is 7.05 Å². The van der Waals surface area contributed by atoms with Crippen LogP contribution in [0, 0.1) is 6.92 Å². The Kier molecular flexibility index (Phi) is 3.66. The molecule has 0 spiro atoms. The van der Waals surface area contributed by atoms with E-state index in [0.717, 1.165) is 24.5 Å². The Morgan fingerprint density at radius 3 is 2.67 bits per heavy atom. The van der Waals surface area contributed by atoms with E-state index in [-0.39, 0.29) is 11.6 Å². The lowest BCUT2D eigenvalue weighted by molar-refractivity contribution is 0.0324. The number of aromatic nitrogens is 2. The van der Waals surface area contributed by atoms with E-state index in [4.69, 9.17) is 4.74 Å². The largest absolute Gasteiger partial charge is 0.472 e. The van der Waals surface area contributed by atoms with Crippen molar-refractivity contribution in [3.63, 3.8) is 0 Å². The Hall–Kier alpha value is -1.03. The third-order valence-corrected chi connectivity index (χ3v) is 3.71. The molecule has 1 aliphatic rings. The lowest BCUT2D eigenvalue weighted by Crippen LogP contribution is -2.50. The standard InChI is InChI=1S/C14H25N3O/c1-11-9-13(15-16(11)5)18-12-7-6-8-17(10-12)14(2,3)4/h9,12H,6-8,10H2,1-5H3. The quantitative estimate of drug-likeness (QED) is 0.808. The summed E-state index contributed by atoms with van der Waals surface area (Å²) in [4.78, 5) is 2.50. The van der Waals surface area contributed by atoms with Gasteiger partial charge in [0, 0.05) is 30.9 Å². The van der Waals surface area contributed by atoms with Crippen LogP contribution in [0.25, 0.3) is 0 Å². The second-order valence-electron chi connectivity index (χ2n) is 6.25. The van der Waals surface area contributed by atoms with Crippen molar-refractivity contribution in [1.82, 2.24) is 14.7 Å². The van der Waals surface area contributed by atoms with E-state index in [1.165, 1.54) is 13.0 Å². The maximum Gasteiger partial charge on any atom is 0.233 e. The van der Waals surface area contributed by atoms with E-state index >= 15 is 0 Å². The molecule has 1 fully saturated rings. The Morgan fingerprint density at radius 2 is 2.11 bits per heavy atom. The van der Waals surface area contributed by atoms with Crippen molar-refractivity contribution < 1.29 is 4.74 Å². The molecule has 4 heteroatoms. The summed E-state index contributed by atoms with van der Waals surface area (Å²) in [6.45, 7) is 11.0. The smallest absolute Gasteiger partial charge is 0.233 e. The molecule has 102 valence electrons. The minimum Gasteiger partial charge on any atom is -0.472 e. The van der Waals surface area contributed by atoms with Gasteiger partial charge in [0.25, 0.3) is 0 Å². The normalized spacial score (nSPS) is 22.2. The fraction of sp³-hybridized carbons (Fsp3) is 0.786. The maximum atomic E-state index is 6.01. The zero-order chi connectivity index (χ0) is 13.3. The second-order valence-corrected chi connectivity index (χ2v) is 6.25. The topological polar surface area (TPSA) is 30.3 Å². The van der Waals surface area contributed by atoms with Crippen LogP contribution >= 0.6 is 0 Å². The minimum absolute atomic E-state index is 0.224. The highest BCUT2D eigenvalue weighted by atomic mass is 16.5. The van der Waals surface area contributed by atoms with Gasteiger partial charge < -0.3 is 4.74 Å². The number of nitrogens with zero attached hydrogens (tertiary/aromatic N) is 3. The van der Waals surface area contributed by atoms with Gasteiger partial charge in [0.2, 0.25) is 5.88 Å². The molecular formula is C14H25N3O. The number of hydrogen-bond donors (Lipinski definition) is 0. The first kappa shape index (κ1) is 13.4. The van der Waals surface area contributed by atoms with Gasteiger partial charge in [-0.3, -0.25) is 9.58 Å². The number of hydrogen-bond acceptors (Lipinski definition) is 3. The van der Waals surface area contributed by atoms with Crippen molar-refractivity contribution >= 4 is 0 Å². The molecule has 2 heterocycles. The lowest BCUT2D eigenvalue weighted by atomic mass is 9.99. The van der Waals surface area contributed by atoms with Gasteiger partial charge in [-0.05, 0) is 47.1 Å². The zero-order valence-electron chi connectivity index (χ0n) is 12.2. The van der Waals surface area contributed by atoms with E-state index in [2.05, 4.69) is 30.8 Å². The summed E-state index contributed by atoms with van der Waals surface area (Å²) >= 11 is 0. The molecule has 2 rings (SSSR count). The van der Waals surface area contributed by atoms with Crippen molar-refractivity contribution in [1.29, 1.82) is 0 Å². The maximum absolute atomic E-state index is 6.01. The van der Waals surface area contributed by atoms with Crippen LogP contribution in [0.1, 0.15) is 39.3 Å². The SMILES string of the molecule is Cc1cc(OC2CCCN(C(C)(C)C)C2)nn1C. The third-order valence-electron chi connectivity index (χ3n) is 3.71. The first-order chi connectivity index (χ1) is 8.36. The van der Waals surface area contributed by atoms with Crippen LogP contribution in [-0.4, -0.2) is 39.4 Å².